The highest BCUT2D eigenvalue weighted by Crippen LogP contribution is 2.40. The van der Waals surface area contributed by atoms with Gasteiger partial charge in [-0.25, -0.2) is 9.97 Å². The fourth-order valence-electron chi connectivity index (χ4n) is 7.19. The van der Waals surface area contributed by atoms with E-state index < -0.39 is 35.9 Å². The Kier molecular flexibility index (Phi) is 14.3. The quantitative estimate of drug-likeness (QED) is 0.0796. The van der Waals surface area contributed by atoms with E-state index in [-0.39, 0.29) is 25.4 Å². The first kappa shape index (κ1) is 41.8. The summed E-state index contributed by atoms with van der Waals surface area (Å²) in [7, 11) is 1.61. The molecule has 6 rings (SSSR count). The molecule has 300 valence electrons. The van der Waals surface area contributed by atoms with Gasteiger partial charge in [-0.2, -0.15) is 4.39 Å². The third kappa shape index (κ3) is 10.2. The minimum absolute atomic E-state index is 0.0337. The number of hydrogen-bond acceptors (Lipinski definition) is 9. The lowest BCUT2D eigenvalue weighted by Crippen LogP contribution is -2.57. The van der Waals surface area contributed by atoms with E-state index in [1.807, 2.05) is 49.4 Å². The van der Waals surface area contributed by atoms with Crippen LogP contribution in [-0.4, -0.2) is 75.8 Å². The molecule has 0 fully saturated rings. The average molecular weight is 814 g/mol. The van der Waals surface area contributed by atoms with Gasteiger partial charge in [0.15, 0.2) is 0 Å². The summed E-state index contributed by atoms with van der Waals surface area (Å²) in [6.45, 7) is 3.09. The third-order valence-electron chi connectivity index (χ3n) is 10.3. The molecule has 5 aromatic rings. The Hall–Kier alpha value is -4.86. The van der Waals surface area contributed by atoms with Crippen LogP contribution in [0.2, 0.25) is 5.02 Å². The fourth-order valence-corrected chi connectivity index (χ4v) is 8.54. The average Bonchev–Trinajstić information content (AvgIpc) is 3.53. The molecule has 0 spiro atoms. The van der Waals surface area contributed by atoms with Gasteiger partial charge < -0.3 is 37.3 Å². The number of carbonyl (C=O) groups is 3. The van der Waals surface area contributed by atoms with Crippen molar-refractivity contribution < 1.29 is 18.8 Å². The zero-order valence-electron chi connectivity index (χ0n) is 32.1. The Morgan fingerprint density at radius 3 is 2.46 bits per heavy atom. The second kappa shape index (κ2) is 19.5. The highest BCUT2D eigenvalue weighted by Gasteiger charge is 2.34. The van der Waals surface area contributed by atoms with Crippen LogP contribution in [0.5, 0.6) is 0 Å². The summed E-state index contributed by atoms with van der Waals surface area (Å²) in [5, 5.41) is 11.5. The highest BCUT2D eigenvalue weighted by molar-refractivity contribution is 7.99. The van der Waals surface area contributed by atoms with E-state index in [1.165, 1.54) is 28.9 Å². The lowest BCUT2D eigenvalue weighted by molar-refractivity contribution is -0.142. The van der Waals surface area contributed by atoms with Crippen molar-refractivity contribution in [2.75, 3.05) is 20.1 Å². The van der Waals surface area contributed by atoms with E-state index in [0.717, 1.165) is 27.7 Å². The normalized spacial score (nSPS) is 18.5. The van der Waals surface area contributed by atoms with Gasteiger partial charge >= 0.3 is 0 Å². The molecule has 15 heteroatoms. The van der Waals surface area contributed by atoms with Gasteiger partial charge in [-0.1, -0.05) is 47.6 Å². The Bertz CT molecular complexity index is 2220. The summed E-state index contributed by atoms with van der Waals surface area (Å²) in [6.07, 6.45) is 5.87. The number of benzene rings is 2. The van der Waals surface area contributed by atoms with E-state index in [4.69, 9.17) is 23.1 Å². The molecule has 3 amide bonds. The van der Waals surface area contributed by atoms with Crippen LogP contribution in [0.4, 0.5) is 4.39 Å². The smallest absolute Gasteiger partial charge is 0.245 e. The Morgan fingerprint density at radius 2 is 1.67 bits per heavy atom. The molecular formula is C42H49ClFN9O3S. The zero-order chi connectivity index (χ0) is 40.5. The number of nitrogens with zero attached hydrogens (tertiary/aromatic N) is 3. The van der Waals surface area contributed by atoms with E-state index in [0.29, 0.717) is 76.8 Å². The van der Waals surface area contributed by atoms with Crippen LogP contribution in [0.25, 0.3) is 22.0 Å². The number of carbonyl (C=O) groups excluding carboxylic acids is 3. The molecule has 0 aliphatic carbocycles. The number of nitrogens with two attached hydrogens (primary N) is 2. The molecule has 0 saturated heterocycles. The van der Waals surface area contributed by atoms with Crippen molar-refractivity contribution in [2.45, 2.75) is 86.6 Å². The molecule has 2 aromatic carbocycles. The summed E-state index contributed by atoms with van der Waals surface area (Å²) in [5.74, 6) is -1.77. The minimum atomic E-state index is -0.974. The van der Waals surface area contributed by atoms with Gasteiger partial charge in [-0.15, -0.1) is 0 Å². The minimum Gasteiger partial charge on any atom is -0.358 e. The van der Waals surface area contributed by atoms with Gasteiger partial charge in [-0.05, 0) is 110 Å². The molecule has 1 aliphatic rings. The number of unbranched alkanes of at least 4 members (excludes halogenated alkanes) is 1. The maximum Gasteiger partial charge on any atom is 0.245 e. The Balaban J connectivity index is 1.46. The predicted octanol–water partition coefficient (Wildman–Crippen LogP) is 5.39. The number of hydrogen-bond donors (Lipinski definition) is 6. The SMILES string of the molecule is Cc1[nH]c2ccccc2c1C[C@H]1C(=O)NCc2cc(-c3ccnc(F)c3)cc(Cl)c2Sc2ncccc2CN[C@@H](CCCN)C(=O)N[C@@H](CCCCN)C(=O)N1C. The molecule has 8 N–H and O–H groups in total. The summed E-state index contributed by atoms with van der Waals surface area (Å²) >= 11 is 8.39. The first-order valence-corrected chi connectivity index (χ1v) is 20.4. The molecule has 3 atom stereocenters. The van der Waals surface area contributed by atoms with E-state index in [1.54, 1.807) is 25.4 Å². The van der Waals surface area contributed by atoms with Crippen molar-refractivity contribution in [1.82, 2.24) is 35.8 Å². The number of aryl methyl sites for hydroxylation is 1. The van der Waals surface area contributed by atoms with Gasteiger partial charge in [-0.3, -0.25) is 14.4 Å². The summed E-state index contributed by atoms with van der Waals surface area (Å²) in [4.78, 5) is 57.2. The van der Waals surface area contributed by atoms with Gasteiger partial charge in [0.05, 0.1) is 11.1 Å². The lowest BCUT2D eigenvalue weighted by Gasteiger charge is -2.32. The molecular weight excluding hydrogens is 765 g/mol. The van der Waals surface area contributed by atoms with Crippen molar-refractivity contribution in [3.05, 3.63) is 106 Å². The van der Waals surface area contributed by atoms with E-state index >= 15 is 0 Å². The van der Waals surface area contributed by atoms with E-state index in [2.05, 4.69) is 30.9 Å². The van der Waals surface area contributed by atoms with Crippen LogP contribution in [-0.2, 0) is 33.9 Å². The summed E-state index contributed by atoms with van der Waals surface area (Å²) in [5.41, 5.74) is 17.1. The predicted molar refractivity (Wildman–Crippen MR) is 222 cm³/mol. The van der Waals surface area contributed by atoms with Crippen molar-refractivity contribution in [2.24, 2.45) is 11.5 Å². The zero-order valence-corrected chi connectivity index (χ0v) is 33.7. The van der Waals surface area contributed by atoms with Crippen molar-refractivity contribution in [3.63, 3.8) is 0 Å². The van der Waals surface area contributed by atoms with Gasteiger partial charge in [0, 0.05) is 66.5 Å². The largest absolute Gasteiger partial charge is 0.358 e. The number of halogens is 2. The van der Waals surface area contributed by atoms with Crippen LogP contribution >= 0.6 is 23.4 Å². The highest BCUT2D eigenvalue weighted by atomic mass is 35.5. The molecule has 57 heavy (non-hydrogen) atoms. The molecule has 0 saturated carbocycles. The molecule has 3 aromatic heterocycles. The molecule has 0 radical (unpaired) electrons. The van der Waals surface area contributed by atoms with Crippen molar-refractivity contribution in [3.8, 4) is 11.1 Å². The third-order valence-corrected chi connectivity index (χ3v) is 12.0. The molecule has 0 bridgehead atoms. The Morgan fingerprint density at radius 1 is 0.877 bits per heavy atom. The molecule has 12 nitrogen and oxygen atoms in total. The number of aromatic amines is 1. The van der Waals surface area contributed by atoms with Crippen LogP contribution in [0.1, 0.15) is 54.5 Å². The number of rotatable bonds is 10. The summed E-state index contributed by atoms with van der Waals surface area (Å²) < 4.78 is 14.3. The summed E-state index contributed by atoms with van der Waals surface area (Å²) in [6, 6.07) is 15.6. The van der Waals surface area contributed by atoms with Crippen LogP contribution in [0.3, 0.4) is 0 Å². The van der Waals surface area contributed by atoms with Gasteiger partial charge in [0.2, 0.25) is 23.7 Å². The number of amides is 3. The number of fused-ring (bicyclic) bond motifs is 3. The number of para-hydroxylation sites is 1. The number of likely N-dealkylation sites (N-methyl/N-ethyl adjacent to an activating group) is 1. The van der Waals surface area contributed by atoms with E-state index in [9.17, 15) is 18.8 Å². The fraction of sp³-hybridized carbons (Fsp3) is 0.357. The molecule has 4 heterocycles. The topological polar surface area (TPSA) is 184 Å². The standard InChI is InChI=1S/C42H49ClFN9O3S/c1-25-31(30-10-3-4-11-33(30)51-25)22-36-40(55)50-24-29-19-28(26-14-18-47-37(44)21-26)20-32(43)38(29)57-41-27(9-8-17-48-41)23-49-34(13-7-16-46)39(54)52-35(12-5-6-15-45)42(56)53(36)2/h3-4,8-11,14,17-21,34-36,49,51H,5-7,12-13,15-16,22-24,45-46H2,1-2H3,(H,50,55)(H,52,54)/t34-,35-,36-/m0/s1. The Labute approximate surface area is 341 Å². The second-order valence-electron chi connectivity index (χ2n) is 14.3. The van der Waals surface area contributed by atoms with Crippen LogP contribution in [0.15, 0.2) is 83.0 Å². The van der Waals surface area contributed by atoms with Gasteiger partial charge in [0.25, 0.3) is 0 Å². The lowest BCUT2D eigenvalue weighted by atomic mass is 9.99. The maximum atomic E-state index is 14.6. The molecule has 1 aliphatic heterocycles. The maximum absolute atomic E-state index is 14.6. The van der Waals surface area contributed by atoms with Crippen molar-refractivity contribution >= 4 is 52.0 Å². The number of H-pyrrole nitrogens is 1. The van der Waals surface area contributed by atoms with Crippen LogP contribution in [0, 0.1) is 12.9 Å². The second-order valence-corrected chi connectivity index (χ2v) is 15.7. The first-order valence-electron chi connectivity index (χ1n) is 19.2. The van der Waals surface area contributed by atoms with Gasteiger partial charge in [0.1, 0.15) is 17.1 Å². The van der Waals surface area contributed by atoms with Crippen molar-refractivity contribution in [1.29, 1.82) is 0 Å². The molecule has 0 unspecified atom stereocenters. The number of aromatic nitrogens is 3. The number of pyridine rings is 2. The van der Waals surface area contributed by atoms with Crippen LogP contribution < -0.4 is 27.4 Å². The first-order chi connectivity index (χ1) is 27.6. The monoisotopic (exact) mass is 813 g/mol. The number of nitrogens with one attached hydrogen (secondary N) is 4.